The van der Waals surface area contributed by atoms with Gasteiger partial charge < -0.3 is 4.43 Å². The maximum absolute atomic E-state index is 6.93. The summed E-state index contributed by atoms with van der Waals surface area (Å²) in [6, 6.07) is 4.53. The van der Waals surface area contributed by atoms with E-state index in [1.54, 1.807) is 0 Å². The van der Waals surface area contributed by atoms with Crippen LogP contribution in [0.3, 0.4) is 0 Å². The standard InChI is InChI=1S/C25H46BrClOSi2/c1-16(2)29(17(3)4,18(5)6)25-14-24(27)22(13-23(25)26)15-28-30(19(7)8,20(9)10)21(11)12/h13-14,16-21H,15H2,1-12H3. The zero-order chi connectivity index (χ0) is 23.6. The molecule has 0 fully saturated rings. The lowest BCUT2D eigenvalue weighted by Gasteiger charge is -2.44. The number of halogens is 2. The summed E-state index contributed by atoms with van der Waals surface area (Å²) in [6.45, 7) is 29.0. The minimum atomic E-state index is -1.92. The molecule has 30 heavy (non-hydrogen) atoms. The Labute approximate surface area is 203 Å². The van der Waals surface area contributed by atoms with Crippen molar-refractivity contribution in [2.24, 2.45) is 0 Å². The van der Waals surface area contributed by atoms with Gasteiger partial charge in [-0.1, -0.05) is 111 Å². The Morgan fingerprint density at radius 2 is 1.13 bits per heavy atom. The van der Waals surface area contributed by atoms with Gasteiger partial charge in [0.2, 0.25) is 8.32 Å². The van der Waals surface area contributed by atoms with Gasteiger partial charge in [-0.15, -0.1) is 0 Å². The van der Waals surface area contributed by atoms with Gasteiger partial charge in [-0.3, -0.25) is 0 Å². The van der Waals surface area contributed by atoms with Crippen LogP contribution >= 0.6 is 27.5 Å². The van der Waals surface area contributed by atoms with Crippen molar-refractivity contribution in [1.82, 2.24) is 0 Å². The predicted octanol–water partition coefficient (Wildman–Crippen LogP) is 9.68. The van der Waals surface area contributed by atoms with Gasteiger partial charge in [-0.05, 0) is 56.1 Å². The van der Waals surface area contributed by atoms with E-state index in [1.165, 1.54) is 9.66 Å². The van der Waals surface area contributed by atoms with Gasteiger partial charge in [-0.2, -0.15) is 0 Å². The maximum Gasteiger partial charge on any atom is 0.200 e. The van der Waals surface area contributed by atoms with Crippen molar-refractivity contribution in [3.8, 4) is 0 Å². The van der Waals surface area contributed by atoms with Crippen LogP contribution in [-0.4, -0.2) is 16.4 Å². The Bertz CT molecular complexity index is 655. The van der Waals surface area contributed by atoms with Crippen LogP contribution in [0.1, 0.15) is 88.6 Å². The predicted molar refractivity (Wildman–Crippen MR) is 146 cm³/mol. The first kappa shape index (κ1) is 28.4. The van der Waals surface area contributed by atoms with Gasteiger partial charge in [0.25, 0.3) is 0 Å². The first-order chi connectivity index (χ1) is 13.7. The molecule has 5 heteroatoms. The second kappa shape index (κ2) is 11.0. The largest absolute Gasteiger partial charge is 0.412 e. The first-order valence-corrected chi connectivity index (χ1v) is 17.3. The second-order valence-electron chi connectivity index (χ2n) is 10.9. The average Bonchev–Trinajstić information content (AvgIpc) is 2.57. The fourth-order valence-electron chi connectivity index (χ4n) is 6.67. The highest BCUT2D eigenvalue weighted by molar-refractivity contribution is 9.10. The molecule has 0 saturated heterocycles. The third-order valence-corrected chi connectivity index (χ3v) is 22.2. The molecule has 174 valence electrons. The Morgan fingerprint density at radius 3 is 1.47 bits per heavy atom. The molecular formula is C25H46BrClOSi2. The van der Waals surface area contributed by atoms with Gasteiger partial charge >= 0.3 is 0 Å². The third-order valence-electron chi connectivity index (χ3n) is 7.65. The number of rotatable bonds is 10. The maximum atomic E-state index is 6.93. The van der Waals surface area contributed by atoms with Gasteiger partial charge in [0, 0.05) is 9.50 Å². The molecule has 0 aromatic heterocycles. The molecule has 1 rings (SSSR count). The summed E-state index contributed by atoms with van der Waals surface area (Å²) in [4.78, 5) is 0. The van der Waals surface area contributed by atoms with Crippen LogP contribution in [0.15, 0.2) is 16.6 Å². The molecule has 0 aliphatic heterocycles. The lowest BCUT2D eigenvalue weighted by Crippen LogP contribution is -2.56. The van der Waals surface area contributed by atoms with E-state index in [0.717, 1.165) is 10.6 Å². The summed E-state index contributed by atoms with van der Waals surface area (Å²) in [5.41, 5.74) is 4.77. The van der Waals surface area contributed by atoms with Crippen LogP contribution in [0.25, 0.3) is 0 Å². The smallest absolute Gasteiger partial charge is 0.200 e. The molecular weight excluding hydrogens is 488 g/mol. The van der Waals surface area contributed by atoms with Gasteiger partial charge in [0.15, 0.2) is 0 Å². The summed E-state index contributed by atoms with van der Waals surface area (Å²) < 4.78 is 8.07. The monoisotopic (exact) mass is 532 g/mol. The van der Waals surface area contributed by atoms with E-state index < -0.39 is 16.4 Å². The molecule has 0 radical (unpaired) electrons. The highest BCUT2D eigenvalue weighted by Gasteiger charge is 2.47. The molecule has 1 nitrogen and oxygen atoms in total. The molecule has 1 aromatic carbocycles. The Hall–Kier alpha value is 0.384. The van der Waals surface area contributed by atoms with Crippen LogP contribution < -0.4 is 5.19 Å². The Balaban J connectivity index is 3.45. The van der Waals surface area contributed by atoms with E-state index in [1.807, 2.05) is 0 Å². The molecule has 0 aliphatic carbocycles. The molecule has 0 amide bonds. The Kier molecular flexibility index (Phi) is 10.4. The molecule has 0 unspecified atom stereocenters. The van der Waals surface area contributed by atoms with Crippen LogP contribution in [0.4, 0.5) is 0 Å². The quantitative estimate of drug-likeness (QED) is 0.272. The highest BCUT2D eigenvalue weighted by atomic mass is 79.9. The molecule has 0 bridgehead atoms. The lowest BCUT2D eigenvalue weighted by atomic mass is 10.2. The minimum absolute atomic E-state index is 0.571. The van der Waals surface area contributed by atoms with Crippen LogP contribution in [0.2, 0.25) is 38.3 Å². The van der Waals surface area contributed by atoms with Crippen LogP contribution in [0.5, 0.6) is 0 Å². The van der Waals surface area contributed by atoms with Crippen molar-refractivity contribution < 1.29 is 4.43 Å². The first-order valence-electron chi connectivity index (χ1n) is 11.8. The van der Waals surface area contributed by atoms with Gasteiger partial charge in [-0.25, -0.2) is 0 Å². The second-order valence-corrected chi connectivity index (χ2v) is 23.5. The van der Waals surface area contributed by atoms with Gasteiger partial charge in [0.05, 0.1) is 14.7 Å². The zero-order valence-electron chi connectivity index (χ0n) is 21.5. The fourth-order valence-corrected chi connectivity index (χ4v) is 20.5. The zero-order valence-corrected chi connectivity index (χ0v) is 25.8. The van der Waals surface area contributed by atoms with E-state index in [9.17, 15) is 0 Å². The van der Waals surface area contributed by atoms with Gasteiger partial charge in [0.1, 0.15) is 0 Å². The van der Waals surface area contributed by atoms with Crippen molar-refractivity contribution in [3.63, 3.8) is 0 Å². The highest BCUT2D eigenvalue weighted by Crippen LogP contribution is 2.45. The number of hydrogen-bond donors (Lipinski definition) is 0. The average molecular weight is 534 g/mol. The number of benzene rings is 1. The summed E-state index contributed by atoms with van der Waals surface area (Å²) in [7, 11) is -3.70. The van der Waals surface area contributed by atoms with Crippen molar-refractivity contribution >= 4 is 49.1 Å². The third kappa shape index (κ3) is 5.13. The number of hydrogen-bond acceptors (Lipinski definition) is 1. The normalized spacial score (nSPS) is 13.7. The molecule has 0 N–H and O–H groups in total. The molecule has 0 atom stereocenters. The lowest BCUT2D eigenvalue weighted by molar-refractivity contribution is 0.266. The minimum Gasteiger partial charge on any atom is -0.412 e. The molecule has 0 aliphatic rings. The SMILES string of the molecule is CC(C)[Si](OCc1cc(Br)c([Si](C(C)C)(C(C)C)C(C)C)cc1Cl)(C(C)C)C(C)C. The molecule has 1 aromatic rings. The summed E-state index contributed by atoms with van der Waals surface area (Å²) in [6.07, 6.45) is 0. The topological polar surface area (TPSA) is 9.23 Å². The van der Waals surface area contributed by atoms with E-state index in [0.29, 0.717) is 39.9 Å². The van der Waals surface area contributed by atoms with E-state index in [-0.39, 0.29) is 0 Å². The van der Waals surface area contributed by atoms with Crippen LogP contribution in [0, 0.1) is 0 Å². The molecule has 0 spiro atoms. The fraction of sp³-hybridized carbons (Fsp3) is 0.760. The summed E-state index contributed by atoms with van der Waals surface area (Å²) in [5, 5.41) is 2.34. The summed E-state index contributed by atoms with van der Waals surface area (Å²) >= 11 is 10.9. The Morgan fingerprint density at radius 1 is 0.733 bits per heavy atom. The van der Waals surface area contributed by atoms with Crippen molar-refractivity contribution in [3.05, 3.63) is 27.2 Å². The van der Waals surface area contributed by atoms with Crippen LogP contribution in [-0.2, 0) is 11.0 Å². The van der Waals surface area contributed by atoms with E-state index in [4.69, 9.17) is 16.0 Å². The van der Waals surface area contributed by atoms with E-state index in [2.05, 4.69) is 111 Å². The molecule has 0 saturated carbocycles. The van der Waals surface area contributed by atoms with Crippen molar-refractivity contribution in [1.29, 1.82) is 0 Å². The van der Waals surface area contributed by atoms with Crippen molar-refractivity contribution in [2.45, 2.75) is 123 Å². The molecule has 0 heterocycles. The summed E-state index contributed by atoms with van der Waals surface area (Å²) in [5.74, 6) is 0. The van der Waals surface area contributed by atoms with E-state index >= 15 is 0 Å². The van der Waals surface area contributed by atoms with Crippen molar-refractivity contribution in [2.75, 3.05) is 0 Å².